The molecule has 0 saturated carbocycles. The van der Waals surface area contributed by atoms with Crippen LogP contribution < -0.4 is 10.1 Å². The fourth-order valence-electron chi connectivity index (χ4n) is 2.25. The standard InChI is InChI=1S/C19H18Cl2N2O3/c1-22-19(24)18(23-25-2)16-6-4-3-5-14(16)12-26-15-9-7-13(8-10-15)11-17(20)21/h3-11H,12H2,1-2H3,(H,22,24). The summed E-state index contributed by atoms with van der Waals surface area (Å²) in [6, 6.07) is 14.7. The largest absolute Gasteiger partial charge is 0.489 e. The number of oxime groups is 1. The summed E-state index contributed by atoms with van der Waals surface area (Å²) >= 11 is 11.3. The minimum Gasteiger partial charge on any atom is -0.489 e. The normalized spacial score (nSPS) is 10.8. The van der Waals surface area contributed by atoms with Crippen molar-refractivity contribution in [1.82, 2.24) is 5.32 Å². The molecule has 0 aliphatic heterocycles. The lowest BCUT2D eigenvalue weighted by atomic mass is 10.0. The van der Waals surface area contributed by atoms with Crippen LogP contribution in [0.25, 0.3) is 6.08 Å². The zero-order chi connectivity index (χ0) is 18.9. The van der Waals surface area contributed by atoms with E-state index in [1.165, 1.54) is 14.2 Å². The molecular weight excluding hydrogens is 375 g/mol. The van der Waals surface area contributed by atoms with Gasteiger partial charge in [-0.15, -0.1) is 0 Å². The number of nitrogens with one attached hydrogen (secondary N) is 1. The Labute approximate surface area is 162 Å². The first-order valence-electron chi connectivity index (χ1n) is 7.72. The van der Waals surface area contributed by atoms with Gasteiger partial charge in [-0.05, 0) is 29.3 Å². The van der Waals surface area contributed by atoms with Gasteiger partial charge >= 0.3 is 0 Å². The number of hydrogen-bond acceptors (Lipinski definition) is 4. The first-order valence-corrected chi connectivity index (χ1v) is 8.47. The van der Waals surface area contributed by atoms with E-state index in [-0.39, 0.29) is 22.7 Å². The molecule has 5 nitrogen and oxygen atoms in total. The van der Waals surface area contributed by atoms with Crippen molar-refractivity contribution >= 4 is 40.9 Å². The molecule has 0 unspecified atom stereocenters. The quantitative estimate of drug-likeness (QED) is 0.568. The highest BCUT2D eigenvalue weighted by Crippen LogP contribution is 2.19. The van der Waals surface area contributed by atoms with Crippen molar-refractivity contribution in [2.45, 2.75) is 6.61 Å². The lowest BCUT2D eigenvalue weighted by molar-refractivity contribution is -0.114. The van der Waals surface area contributed by atoms with E-state index in [0.717, 1.165) is 11.1 Å². The third kappa shape index (κ3) is 5.51. The van der Waals surface area contributed by atoms with Crippen LogP contribution in [-0.2, 0) is 16.2 Å². The van der Waals surface area contributed by atoms with Gasteiger partial charge in [-0.2, -0.15) is 0 Å². The maximum absolute atomic E-state index is 12.1. The molecule has 0 radical (unpaired) electrons. The Morgan fingerprint density at radius 1 is 1.15 bits per heavy atom. The molecule has 136 valence electrons. The summed E-state index contributed by atoms with van der Waals surface area (Å²) in [4.78, 5) is 16.9. The summed E-state index contributed by atoms with van der Waals surface area (Å²) in [5.74, 6) is 0.334. The third-order valence-electron chi connectivity index (χ3n) is 3.45. The van der Waals surface area contributed by atoms with Crippen molar-refractivity contribution in [1.29, 1.82) is 0 Å². The molecule has 0 aromatic heterocycles. The predicted octanol–water partition coefficient (Wildman–Crippen LogP) is 4.14. The zero-order valence-corrected chi connectivity index (χ0v) is 15.8. The van der Waals surface area contributed by atoms with Crippen molar-refractivity contribution in [2.24, 2.45) is 5.16 Å². The number of carbonyl (C=O) groups excluding carboxylic acids is 1. The van der Waals surface area contributed by atoms with Crippen LogP contribution in [0, 0.1) is 0 Å². The van der Waals surface area contributed by atoms with Gasteiger partial charge in [0, 0.05) is 12.6 Å². The Kier molecular flexibility index (Phi) is 7.51. The van der Waals surface area contributed by atoms with Crippen molar-refractivity contribution < 1.29 is 14.4 Å². The van der Waals surface area contributed by atoms with Crippen LogP contribution in [0.1, 0.15) is 16.7 Å². The van der Waals surface area contributed by atoms with E-state index in [1.54, 1.807) is 12.1 Å². The highest BCUT2D eigenvalue weighted by molar-refractivity contribution is 6.57. The minimum atomic E-state index is -0.339. The summed E-state index contributed by atoms with van der Waals surface area (Å²) < 4.78 is 6.01. The number of rotatable bonds is 7. The van der Waals surface area contributed by atoms with Crippen molar-refractivity contribution in [2.75, 3.05) is 14.2 Å². The highest BCUT2D eigenvalue weighted by Gasteiger charge is 2.17. The number of benzene rings is 2. The molecule has 1 amide bonds. The molecule has 0 fully saturated rings. The third-order valence-corrected chi connectivity index (χ3v) is 3.67. The molecule has 0 saturated heterocycles. The number of amides is 1. The van der Waals surface area contributed by atoms with Crippen LogP contribution >= 0.6 is 23.2 Å². The van der Waals surface area contributed by atoms with Gasteiger partial charge in [0.2, 0.25) is 0 Å². The lowest BCUT2D eigenvalue weighted by Gasteiger charge is -2.12. The Bertz CT molecular complexity index is 814. The van der Waals surface area contributed by atoms with Crippen LogP contribution in [0.2, 0.25) is 0 Å². The number of ether oxygens (including phenoxy) is 1. The van der Waals surface area contributed by atoms with Crippen molar-refractivity contribution in [3.8, 4) is 5.75 Å². The number of hydrogen-bond donors (Lipinski definition) is 1. The second-order valence-electron chi connectivity index (χ2n) is 5.15. The first-order chi connectivity index (χ1) is 12.5. The smallest absolute Gasteiger partial charge is 0.273 e. The lowest BCUT2D eigenvalue weighted by Crippen LogP contribution is -2.29. The predicted molar refractivity (Wildman–Crippen MR) is 105 cm³/mol. The van der Waals surface area contributed by atoms with E-state index in [0.29, 0.717) is 11.3 Å². The second-order valence-corrected chi connectivity index (χ2v) is 6.16. The molecule has 7 heteroatoms. The van der Waals surface area contributed by atoms with E-state index >= 15 is 0 Å². The zero-order valence-electron chi connectivity index (χ0n) is 14.3. The van der Waals surface area contributed by atoms with Crippen LogP contribution in [-0.4, -0.2) is 25.8 Å². The molecule has 2 rings (SSSR count). The van der Waals surface area contributed by atoms with Crippen LogP contribution in [0.3, 0.4) is 0 Å². The minimum absolute atomic E-state index is 0.187. The van der Waals surface area contributed by atoms with Gasteiger partial charge in [0.25, 0.3) is 5.91 Å². The summed E-state index contributed by atoms with van der Waals surface area (Å²) in [5.41, 5.74) is 2.50. The number of likely N-dealkylation sites (N-methyl/N-ethyl adjacent to an activating group) is 1. The fourth-order valence-corrected chi connectivity index (χ4v) is 2.50. The number of carbonyl (C=O) groups is 1. The van der Waals surface area contributed by atoms with E-state index in [1.807, 2.05) is 42.5 Å². The van der Waals surface area contributed by atoms with Crippen LogP contribution in [0.5, 0.6) is 5.75 Å². The maximum atomic E-state index is 12.1. The molecule has 0 bridgehead atoms. The maximum Gasteiger partial charge on any atom is 0.273 e. The highest BCUT2D eigenvalue weighted by atomic mass is 35.5. The van der Waals surface area contributed by atoms with Crippen molar-refractivity contribution in [3.63, 3.8) is 0 Å². The van der Waals surface area contributed by atoms with Gasteiger partial charge < -0.3 is 14.9 Å². The SMILES string of the molecule is CNC(=O)C(=NOC)c1ccccc1COc1ccc(C=C(Cl)Cl)cc1. The molecule has 26 heavy (non-hydrogen) atoms. The molecule has 0 atom stereocenters. The van der Waals surface area contributed by atoms with E-state index in [9.17, 15) is 4.79 Å². The Hall–Kier alpha value is -2.50. The molecule has 1 N–H and O–H groups in total. The monoisotopic (exact) mass is 392 g/mol. The summed E-state index contributed by atoms with van der Waals surface area (Å²) in [7, 11) is 2.93. The molecule has 0 aliphatic carbocycles. The van der Waals surface area contributed by atoms with Gasteiger partial charge in [-0.1, -0.05) is 64.8 Å². The van der Waals surface area contributed by atoms with Crippen molar-refractivity contribution in [3.05, 3.63) is 69.7 Å². The molecule has 0 spiro atoms. The van der Waals surface area contributed by atoms with Crippen LogP contribution in [0.15, 0.2) is 58.2 Å². The Morgan fingerprint density at radius 2 is 1.85 bits per heavy atom. The van der Waals surface area contributed by atoms with Gasteiger partial charge in [0.05, 0.1) is 0 Å². The Morgan fingerprint density at radius 3 is 2.46 bits per heavy atom. The van der Waals surface area contributed by atoms with Gasteiger partial charge in [-0.25, -0.2) is 0 Å². The second kappa shape index (κ2) is 9.85. The summed E-state index contributed by atoms with van der Waals surface area (Å²) in [5, 5.41) is 6.39. The molecule has 0 heterocycles. The van der Waals surface area contributed by atoms with E-state index < -0.39 is 0 Å². The summed E-state index contributed by atoms with van der Waals surface area (Å²) in [6.07, 6.45) is 1.64. The van der Waals surface area contributed by atoms with Gasteiger partial charge in [0.15, 0.2) is 5.71 Å². The Balaban J connectivity index is 2.19. The van der Waals surface area contributed by atoms with Gasteiger partial charge in [-0.3, -0.25) is 4.79 Å². The fraction of sp³-hybridized carbons (Fsp3) is 0.158. The topological polar surface area (TPSA) is 59.9 Å². The molecule has 2 aromatic carbocycles. The number of halogens is 2. The van der Waals surface area contributed by atoms with E-state index in [2.05, 4.69) is 10.5 Å². The van der Waals surface area contributed by atoms with E-state index in [4.69, 9.17) is 32.8 Å². The number of nitrogens with zero attached hydrogens (tertiary/aromatic N) is 1. The van der Waals surface area contributed by atoms with Gasteiger partial charge in [0.1, 0.15) is 24.0 Å². The average Bonchev–Trinajstić information content (AvgIpc) is 2.65. The van der Waals surface area contributed by atoms with Crippen LogP contribution in [0.4, 0.5) is 0 Å². The molecule has 2 aromatic rings. The summed E-state index contributed by atoms with van der Waals surface area (Å²) in [6.45, 7) is 0.265. The molecular formula is C19H18Cl2N2O3. The average molecular weight is 393 g/mol. The molecule has 0 aliphatic rings. The first kappa shape index (κ1) is 19.8.